The highest BCUT2D eigenvalue weighted by atomic mass is 19.2. The molecule has 3 aromatic carbocycles. The average molecular weight is 683 g/mol. The predicted octanol–water partition coefficient (Wildman–Crippen LogP) is 9.79. The molecule has 0 radical (unpaired) electrons. The molecule has 0 spiro atoms. The summed E-state index contributed by atoms with van der Waals surface area (Å²) in [5.41, 5.74) is -12.3. The van der Waals surface area contributed by atoms with Crippen LogP contribution >= 0.6 is 0 Å². The smallest absolute Gasteiger partial charge is 0.200 e. The van der Waals surface area contributed by atoms with Crippen LogP contribution in [0.4, 0.5) is 65.9 Å². The SMILES string of the molecule is CCCCN(CCCC)CCCC(c1c(F)c(F)c(F)c(F)c1F)(c1c(F)c(F)c(F)c(F)c1F)c1c(F)c(F)c(F)c(F)c1F. The molecule has 0 aromatic heterocycles. The summed E-state index contributed by atoms with van der Waals surface area (Å²) in [6.07, 6.45) is -0.329. The molecule has 0 saturated carbocycles. The van der Waals surface area contributed by atoms with E-state index in [0.717, 1.165) is 0 Å². The predicted molar refractivity (Wildman–Crippen MR) is 134 cm³/mol. The Balaban J connectivity index is 2.63. The summed E-state index contributed by atoms with van der Waals surface area (Å²) < 4.78 is 223. The van der Waals surface area contributed by atoms with E-state index in [1.165, 1.54) is 0 Å². The average Bonchev–Trinajstić information content (AvgIpc) is 3.03. The maximum atomic E-state index is 15.5. The van der Waals surface area contributed by atoms with Crippen LogP contribution in [-0.2, 0) is 5.41 Å². The molecule has 3 rings (SSSR count). The van der Waals surface area contributed by atoms with Crippen molar-refractivity contribution >= 4 is 0 Å². The van der Waals surface area contributed by atoms with E-state index in [9.17, 15) is 39.5 Å². The van der Waals surface area contributed by atoms with E-state index in [-0.39, 0.29) is 19.6 Å². The van der Waals surface area contributed by atoms with E-state index in [1.54, 1.807) is 18.7 Å². The number of hydrogen-bond donors (Lipinski definition) is 0. The third-order valence-electron chi connectivity index (χ3n) is 7.59. The highest BCUT2D eigenvalue weighted by Gasteiger charge is 2.53. The van der Waals surface area contributed by atoms with Gasteiger partial charge < -0.3 is 4.90 Å². The molecule has 0 saturated heterocycles. The molecule has 0 unspecified atom stereocenters. The first-order valence-electron chi connectivity index (χ1n) is 13.8. The zero-order valence-electron chi connectivity index (χ0n) is 24.0. The first kappa shape index (κ1) is 37.0. The maximum Gasteiger partial charge on any atom is 0.200 e. The molecule has 254 valence electrons. The number of hydrogen-bond acceptors (Lipinski definition) is 1. The van der Waals surface area contributed by atoms with Crippen molar-refractivity contribution < 1.29 is 65.9 Å². The zero-order valence-corrected chi connectivity index (χ0v) is 24.0. The fourth-order valence-electron chi connectivity index (χ4n) is 5.36. The van der Waals surface area contributed by atoms with Gasteiger partial charge in [0.1, 0.15) is 0 Å². The van der Waals surface area contributed by atoms with Crippen molar-refractivity contribution in [2.75, 3.05) is 19.6 Å². The Labute approximate surface area is 252 Å². The topological polar surface area (TPSA) is 3.24 Å². The Kier molecular flexibility index (Phi) is 11.7. The molecular weight excluding hydrogens is 659 g/mol. The van der Waals surface area contributed by atoms with Crippen LogP contribution in [0.25, 0.3) is 0 Å². The second kappa shape index (κ2) is 14.6. The summed E-state index contributed by atoms with van der Waals surface area (Å²) >= 11 is 0. The lowest BCUT2D eigenvalue weighted by atomic mass is 9.65. The normalized spacial score (nSPS) is 12.1. The minimum Gasteiger partial charge on any atom is -0.303 e. The van der Waals surface area contributed by atoms with Crippen molar-refractivity contribution in [3.05, 3.63) is 104 Å². The van der Waals surface area contributed by atoms with E-state index in [0.29, 0.717) is 25.7 Å². The second-order valence-electron chi connectivity index (χ2n) is 10.4. The molecule has 0 aliphatic heterocycles. The molecule has 46 heavy (non-hydrogen) atoms. The number of unbranched alkanes of at least 4 members (excludes halogenated alkanes) is 2. The van der Waals surface area contributed by atoms with Gasteiger partial charge in [0.15, 0.2) is 69.8 Å². The third-order valence-corrected chi connectivity index (χ3v) is 7.59. The minimum absolute atomic E-state index is 0.261. The quantitative estimate of drug-likeness (QED) is 0.0751. The first-order valence-corrected chi connectivity index (χ1v) is 13.8. The summed E-state index contributed by atoms with van der Waals surface area (Å²) in [5.74, 6) is -44.9. The van der Waals surface area contributed by atoms with Crippen LogP contribution < -0.4 is 0 Å². The van der Waals surface area contributed by atoms with Gasteiger partial charge in [-0.1, -0.05) is 26.7 Å². The summed E-state index contributed by atoms with van der Waals surface area (Å²) in [5, 5.41) is 0. The number of nitrogens with zero attached hydrogens (tertiary/aromatic N) is 1. The Bertz CT molecular complexity index is 1360. The molecule has 0 atom stereocenters. The van der Waals surface area contributed by atoms with Crippen molar-refractivity contribution in [1.29, 1.82) is 0 Å². The molecule has 0 aliphatic rings. The van der Waals surface area contributed by atoms with Crippen LogP contribution in [0, 0.1) is 87.3 Å². The van der Waals surface area contributed by atoms with Gasteiger partial charge in [-0.05, 0) is 45.3 Å². The van der Waals surface area contributed by atoms with Crippen molar-refractivity contribution in [3.8, 4) is 0 Å². The number of benzene rings is 3. The van der Waals surface area contributed by atoms with Gasteiger partial charge in [-0.3, -0.25) is 0 Å². The van der Waals surface area contributed by atoms with Gasteiger partial charge in [0, 0.05) is 16.7 Å². The van der Waals surface area contributed by atoms with Gasteiger partial charge in [-0.25, -0.2) is 65.9 Å². The minimum atomic E-state index is -4.45. The maximum absolute atomic E-state index is 15.5. The van der Waals surface area contributed by atoms with Gasteiger partial charge in [-0.15, -0.1) is 0 Å². The molecule has 0 bridgehead atoms. The Morgan fingerprint density at radius 3 is 0.804 bits per heavy atom. The van der Waals surface area contributed by atoms with Crippen molar-refractivity contribution in [2.24, 2.45) is 0 Å². The largest absolute Gasteiger partial charge is 0.303 e. The van der Waals surface area contributed by atoms with E-state index in [2.05, 4.69) is 0 Å². The van der Waals surface area contributed by atoms with Crippen LogP contribution in [0.15, 0.2) is 0 Å². The lowest BCUT2D eigenvalue weighted by molar-refractivity contribution is 0.247. The summed E-state index contributed by atoms with van der Waals surface area (Å²) in [6.45, 7) is 3.72. The fraction of sp³-hybridized carbons (Fsp3) is 0.400. The molecule has 0 amide bonds. The third kappa shape index (κ3) is 6.16. The van der Waals surface area contributed by atoms with Crippen LogP contribution in [0.5, 0.6) is 0 Å². The van der Waals surface area contributed by atoms with Gasteiger partial charge in [0.05, 0.1) is 5.41 Å². The van der Waals surface area contributed by atoms with Gasteiger partial charge in [0.2, 0.25) is 17.5 Å². The molecule has 3 aromatic rings. The highest BCUT2D eigenvalue weighted by Crippen LogP contribution is 2.51. The van der Waals surface area contributed by atoms with Crippen molar-refractivity contribution in [3.63, 3.8) is 0 Å². The second-order valence-corrected chi connectivity index (χ2v) is 10.4. The lowest BCUT2D eigenvalue weighted by Gasteiger charge is -2.38. The number of halogens is 15. The standard InChI is InChI=1S/C30H24F15N/c1-3-5-9-46(10-6-4-2)11-7-8-30(12-15(31)21(37)27(43)22(38)16(12)32,13-17(33)23(39)28(44)24(40)18(13)34)14-19(35)25(41)29(45)26(42)20(14)36/h3-11H2,1-2H3. The Morgan fingerprint density at radius 1 is 0.348 bits per heavy atom. The summed E-state index contributed by atoms with van der Waals surface area (Å²) in [4.78, 5) is 1.59. The van der Waals surface area contributed by atoms with Crippen LogP contribution in [0.3, 0.4) is 0 Å². The summed E-state index contributed by atoms with van der Waals surface area (Å²) in [7, 11) is 0. The highest BCUT2D eigenvalue weighted by molar-refractivity contribution is 5.54. The van der Waals surface area contributed by atoms with E-state index >= 15 is 26.3 Å². The first-order chi connectivity index (χ1) is 21.5. The Hall–Kier alpha value is -3.43. The lowest BCUT2D eigenvalue weighted by Crippen LogP contribution is -2.40. The molecular formula is C30H24F15N. The number of rotatable bonds is 13. The fourth-order valence-corrected chi connectivity index (χ4v) is 5.36. The molecule has 0 N–H and O–H groups in total. The zero-order chi connectivity index (χ0) is 34.8. The van der Waals surface area contributed by atoms with Crippen molar-refractivity contribution in [1.82, 2.24) is 4.90 Å². The monoisotopic (exact) mass is 683 g/mol. The van der Waals surface area contributed by atoms with Crippen LogP contribution in [-0.4, -0.2) is 24.5 Å². The van der Waals surface area contributed by atoms with Crippen LogP contribution in [0.1, 0.15) is 69.1 Å². The van der Waals surface area contributed by atoms with E-state index < -0.39 is 122 Å². The molecule has 0 fully saturated rings. The van der Waals surface area contributed by atoms with Gasteiger partial charge in [-0.2, -0.15) is 0 Å². The summed E-state index contributed by atoms with van der Waals surface area (Å²) in [6, 6.07) is 0. The Morgan fingerprint density at radius 2 is 0.565 bits per heavy atom. The molecule has 0 heterocycles. The van der Waals surface area contributed by atoms with Gasteiger partial charge in [0.25, 0.3) is 0 Å². The molecule has 1 nitrogen and oxygen atoms in total. The van der Waals surface area contributed by atoms with Crippen molar-refractivity contribution in [2.45, 2.75) is 57.8 Å². The van der Waals surface area contributed by atoms with Gasteiger partial charge >= 0.3 is 0 Å². The molecule has 0 aliphatic carbocycles. The van der Waals surface area contributed by atoms with E-state index in [1.807, 2.05) is 0 Å². The van der Waals surface area contributed by atoms with Crippen LogP contribution in [0.2, 0.25) is 0 Å². The molecule has 16 heteroatoms. The van der Waals surface area contributed by atoms with E-state index in [4.69, 9.17) is 0 Å².